The number of ether oxygens (including phenoxy) is 1. The first-order valence-electron chi connectivity index (χ1n) is 12.0. The first-order chi connectivity index (χ1) is 14.2. The largest absolute Gasteiger partial charge is 0.450 e. The highest BCUT2D eigenvalue weighted by atomic mass is 16.5. The van der Waals surface area contributed by atoms with Crippen molar-refractivity contribution in [2.75, 3.05) is 19.8 Å². The van der Waals surface area contributed by atoms with Crippen molar-refractivity contribution in [2.45, 2.75) is 109 Å². The molecule has 2 aliphatic carbocycles. The Morgan fingerprint density at radius 1 is 1.07 bits per heavy atom. The van der Waals surface area contributed by atoms with Crippen LogP contribution in [-0.4, -0.2) is 53.8 Å². The molecule has 6 heteroatoms. The van der Waals surface area contributed by atoms with E-state index in [0.717, 1.165) is 51.4 Å². The highest BCUT2D eigenvalue weighted by Gasteiger charge is 2.29. The molecule has 2 amide bonds. The number of aliphatic hydroxyl groups is 1. The number of hydrogen-bond donors (Lipinski definition) is 2. The topological polar surface area (TPSA) is 78.9 Å². The molecule has 2 aliphatic rings. The van der Waals surface area contributed by atoms with Gasteiger partial charge in [0, 0.05) is 25.0 Å². The average Bonchev–Trinajstić information content (AvgIpc) is 2.76. The molecule has 2 rings (SSSR count). The van der Waals surface area contributed by atoms with Crippen LogP contribution in [0, 0.1) is 5.92 Å². The molecule has 29 heavy (non-hydrogen) atoms. The molecule has 0 bridgehead atoms. The number of nitrogens with zero attached hydrogens (tertiary/aromatic N) is 1. The van der Waals surface area contributed by atoms with Gasteiger partial charge in [-0.15, -0.1) is 0 Å². The number of alkyl carbamates (subject to hydrolysis) is 1. The molecule has 0 aromatic rings. The van der Waals surface area contributed by atoms with E-state index in [9.17, 15) is 14.7 Å². The van der Waals surface area contributed by atoms with Gasteiger partial charge in [0.15, 0.2) is 0 Å². The lowest BCUT2D eigenvalue weighted by Gasteiger charge is -2.35. The maximum atomic E-state index is 13.0. The van der Waals surface area contributed by atoms with Gasteiger partial charge in [0.2, 0.25) is 5.91 Å². The van der Waals surface area contributed by atoms with Crippen molar-refractivity contribution in [3.05, 3.63) is 0 Å². The van der Waals surface area contributed by atoms with Crippen LogP contribution in [0.1, 0.15) is 96.8 Å². The molecule has 0 spiro atoms. The summed E-state index contributed by atoms with van der Waals surface area (Å²) < 4.78 is 5.31. The number of hydrogen-bond acceptors (Lipinski definition) is 4. The summed E-state index contributed by atoms with van der Waals surface area (Å²) in [5.74, 6) is 0.546. The number of carbonyl (C=O) groups excluding carboxylic acids is 2. The van der Waals surface area contributed by atoms with Crippen molar-refractivity contribution in [2.24, 2.45) is 5.92 Å². The van der Waals surface area contributed by atoms with Crippen LogP contribution in [-0.2, 0) is 9.53 Å². The summed E-state index contributed by atoms with van der Waals surface area (Å²) in [5, 5.41) is 12.5. The predicted molar refractivity (Wildman–Crippen MR) is 115 cm³/mol. The number of rotatable bonds is 11. The second kappa shape index (κ2) is 13.8. The van der Waals surface area contributed by atoms with Crippen molar-refractivity contribution < 1.29 is 19.4 Å². The Morgan fingerprint density at radius 2 is 1.72 bits per heavy atom. The van der Waals surface area contributed by atoms with Gasteiger partial charge in [-0.2, -0.15) is 0 Å². The molecule has 0 aromatic carbocycles. The summed E-state index contributed by atoms with van der Waals surface area (Å²) in [6, 6.07) is 0.263. The van der Waals surface area contributed by atoms with E-state index in [1.165, 1.54) is 25.7 Å². The minimum Gasteiger partial charge on any atom is -0.450 e. The second-order valence-corrected chi connectivity index (χ2v) is 8.78. The van der Waals surface area contributed by atoms with Crippen molar-refractivity contribution in [3.63, 3.8) is 0 Å². The molecule has 0 heterocycles. The summed E-state index contributed by atoms with van der Waals surface area (Å²) >= 11 is 0. The van der Waals surface area contributed by atoms with Crippen molar-refractivity contribution >= 4 is 12.0 Å². The molecular formula is C23H42N2O4. The van der Waals surface area contributed by atoms with Crippen LogP contribution in [0.25, 0.3) is 0 Å². The average molecular weight is 411 g/mol. The fourth-order valence-electron chi connectivity index (χ4n) is 4.90. The zero-order valence-corrected chi connectivity index (χ0v) is 18.4. The lowest BCUT2D eigenvalue weighted by Crippen LogP contribution is -2.45. The molecule has 0 aliphatic heterocycles. The van der Waals surface area contributed by atoms with Gasteiger partial charge in [-0.05, 0) is 44.4 Å². The van der Waals surface area contributed by atoms with Crippen LogP contribution >= 0.6 is 0 Å². The number of carbonyl (C=O) groups is 2. The first kappa shape index (κ1) is 24.0. The quantitative estimate of drug-likeness (QED) is 0.495. The molecule has 0 aromatic heterocycles. The minimum absolute atomic E-state index is 0.00397. The van der Waals surface area contributed by atoms with E-state index in [4.69, 9.17) is 4.74 Å². The van der Waals surface area contributed by atoms with Crippen molar-refractivity contribution in [1.29, 1.82) is 0 Å². The SMILES string of the molecule is CCCCOC(=O)NC(CCC(=O)N(CCO)C1CCCCC1)C1CCCCC1. The molecule has 1 unspecified atom stereocenters. The van der Waals surface area contributed by atoms with Crippen molar-refractivity contribution in [1.82, 2.24) is 10.2 Å². The molecule has 6 nitrogen and oxygen atoms in total. The van der Waals surface area contributed by atoms with Gasteiger partial charge < -0.3 is 20.1 Å². The smallest absolute Gasteiger partial charge is 0.407 e. The zero-order chi connectivity index (χ0) is 20.9. The monoisotopic (exact) mass is 410 g/mol. The minimum atomic E-state index is -0.346. The number of unbranched alkanes of at least 4 members (excludes halogenated alkanes) is 1. The third-order valence-electron chi connectivity index (χ3n) is 6.60. The van der Waals surface area contributed by atoms with Crippen LogP contribution in [0.5, 0.6) is 0 Å². The Morgan fingerprint density at radius 3 is 2.34 bits per heavy atom. The van der Waals surface area contributed by atoms with E-state index in [2.05, 4.69) is 12.2 Å². The summed E-state index contributed by atoms with van der Waals surface area (Å²) in [4.78, 5) is 27.1. The van der Waals surface area contributed by atoms with Gasteiger partial charge in [-0.25, -0.2) is 4.79 Å². The maximum Gasteiger partial charge on any atom is 0.407 e. The van der Waals surface area contributed by atoms with Gasteiger partial charge in [0.05, 0.1) is 13.2 Å². The first-order valence-corrected chi connectivity index (χ1v) is 12.0. The number of nitrogens with one attached hydrogen (secondary N) is 1. The highest BCUT2D eigenvalue weighted by Crippen LogP contribution is 2.29. The Balaban J connectivity index is 1.91. The predicted octanol–water partition coefficient (Wildman–Crippen LogP) is 4.40. The van der Waals surface area contributed by atoms with Crippen LogP contribution in [0.3, 0.4) is 0 Å². The van der Waals surface area contributed by atoms with E-state index in [1.54, 1.807) is 0 Å². The van der Waals surface area contributed by atoms with Gasteiger partial charge in [-0.1, -0.05) is 51.9 Å². The zero-order valence-electron chi connectivity index (χ0n) is 18.4. The van der Waals surface area contributed by atoms with E-state index in [0.29, 0.717) is 31.9 Å². The van der Waals surface area contributed by atoms with Gasteiger partial charge in [-0.3, -0.25) is 4.79 Å². The molecule has 2 N–H and O–H groups in total. The third-order valence-corrected chi connectivity index (χ3v) is 6.60. The summed E-state index contributed by atoms with van der Waals surface area (Å²) in [5.41, 5.74) is 0. The standard InChI is InChI=1S/C23H42N2O4/c1-2-3-18-29-23(28)24-21(19-10-6-4-7-11-19)14-15-22(27)25(16-17-26)20-12-8-5-9-13-20/h19-21,26H,2-18H2,1H3,(H,24,28). The van der Waals surface area contributed by atoms with E-state index in [1.807, 2.05) is 4.90 Å². The molecule has 168 valence electrons. The van der Waals surface area contributed by atoms with Gasteiger partial charge in [0.25, 0.3) is 0 Å². The molecule has 0 saturated heterocycles. The Kier molecular flexibility index (Phi) is 11.4. The van der Waals surface area contributed by atoms with E-state index < -0.39 is 0 Å². The fourth-order valence-corrected chi connectivity index (χ4v) is 4.90. The maximum absolute atomic E-state index is 13.0. The Bertz CT molecular complexity index is 473. The van der Waals surface area contributed by atoms with Crippen LogP contribution in [0.2, 0.25) is 0 Å². The van der Waals surface area contributed by atoms with Crippen LogP contribution in [0.4, 0.5) is 4.79 Å². The molecular weight excluding hydrogens is 368 g/mol. The normalized spacial score (nSPS) is 19.5. The van der Waals surface area contributed by atoms with Gasteiger partial charge >= 0.3 is 6.09 Å². The number of amides is 2. The van der Waals surface area contributed by atoms with Crippen LogP contribution < -0.4 is 5.32 Å². The summed E-state index contributed by atoms with van der Waals surface area (Å²) in [7, 11) is 0. The second-order valence-electron chi connectivity index (χ2n) is 8.78. The molecule has 2 fully saturated rings. The molecule has 0 radical (unpaired) electrons. The lowest BCUT2D eigenvalue weighted by atomic mass is 9.82. The molecule has 1 atom stereocenters. The highest BCUT2D eigenvalue weighted by molar-refractivity contribution is 5.76. The molecule has 2 saturated carbocycles. The van der Waals surface area contributed by atoms with Gasteiger partial charge in [0.1, 0.15) is 0 Å². The van der Waals surface area contributed by atoms with E-state index in [-0.39, 0.29) is 30.7 Å². The summed E-state index contributed by atoms with van der Waals surface area (Å²) in [6.45, 7) is 2.95. The van der Waals surface area contributed by atoms with Crippen molar-refractivity contribution in [3.8, 4) is 0 Å². The Labute approximate surface area is 176 Å². The fraction of sp³-hybridized carbons (Fsp3) is 0.913. The summed E-state index contributed by atoms with van der Waals surface area (Å²) in [6.07, 6.45) is 14.1. The lowest BCUT2D eigenvalue weighted by molar-refractivity contribution is -0.135. The third kappa shape index (κ3) is 8.53. The number of aliphatic hydroxyl groups excluding tert-OH is 1. The van der Waals surface area contributed by atoms with Crippen LogP contribution in [0.15, 0.2) is 0 Å². The van der Waals surface area contributed by atoms with E-state index >= 15 is 0 Å². The Hall–Kier alpha value is -1.30.